The Kier molecular flexibility index (Phi) is 6.62. The number of nitrogen functional groups attached to an aromatic ring is 1. The first-order valence-corrected chi connectivity index (χ1v) is 10.7. The van der Waals surface area contributed by atoms with Gasteiger partial charge in [-0.1, -0.05) is 72.8 Å². The largest absolute Gasteiger partial charge is 0.393 e. The zero-order valence-electron chi connectivity index (χ0n) is 17.0. The summed E-state index contributed by atoms with van der Waals surface area (Å²) in [6, 6.07) is 26.8. The van der Waals surface area contributed by atoms with E-state index < -0.39 is 5.92 Å². The fraction of sp³-hybridized carbons (Fsp3) is 0.0417. The highest BCUT2D eigenvalue weighted by Gasteiger charge is 2.23. The Morgan fingerprint density at radius 1 is 0.812 bits per heavy atom. The second kappa shape index (κ2) is 9.93. The number of para-hydroxylation sites is 1. The maximum absolute atomic E-state index is 13.2. The average Bonchev–Trinajstić information content (AvgIpc) is 2.82. The standard InChI is InChI=1S/C24H21BrN6O/c25-18-13-7-8-14-19(18)29-22-21(26)23(28-15-27-22)30-31-24(32)20(16-9-3-1-4-10-16)17-11-5-2-6-12-17/h1-15,20H,26H2,(H,31,32)(H2,27,28,29,30). The van der Waals surface area contributed by atoms with Crippen LogP contribution in [0.5, 0.6) is 0 Å². The molecule has 4 aromatic rings. The van der Waals surface area contributed by atoms with Crippen molar-refractivity contribution in [1.29, 1.82) is 0 Å². The van der Waals surface area contributed by atoms with Crippen LogP contribution in [0.1, 0.15) is 17.0 Å². The molecule has 7 nitrogen and oxygen atoms in total. The summed E-state index contributed by atoms with van der Waals surface area (Å²) in [5, 5.41) is 3.17. The van der Waals surface area contributed by atoms with Gasteiger partial charge in [-0.15, -0.1) is 0 Å². The Hall–Kier alpha value is -3.91. The number of nitrogens with zero attached hydrogens (tertiary/aromatic N) is 2. The summed E-state index contributed by atoms with van der Waals surface area (Å²) < 4.78 is 0.870. The Morgan fingerprint density at radius 3 is 2.00 bits per heavy atom. The molecule has 8 heteroatoms. The molecule has 160 valence electrons. The number of hydrazine groups is 1. The molecule has 0 saturated carbocycles. The predicted molar refractivity (Wildman–Crippen MR) is 130 cm³/mol. The van der Waals surface area contributed by atoms with Gasteiger partial charge in [0.2, 0.25) is 5.91 Å². The molecule has 1 amide bonds. The van der Waals surface area contributed by atoms with Crippen molar-refractivity contribution in [3.8, 4) is 0 Å². The van der Waals surface area contributed by atoms with Crippen LogP contribution in [-0.2, 0) is 4.79 Å². The fourth-order valence-electron chi connectivity index (χ4n) is 3.26. The molecule has 5 N–H and O–H groups in total. The molecule has 0 atom stereocenters. The summed E-state index contributed by atoms with van der Waals surface area (Å²) >= 11 is 3.49. The van der Waals surface area contributed by atoms with Gasteiger partial charge in [-0.25, -0.2) is 9.97 Å². The minimum atomic E-state index is -0.495. The van der Waals surface area contributed by atoms with Gasteiger partial charge in [0.05, 0.1) is 11.6 Å². The molecule has 32 heavy (non-hydrogen) atoms. The van der Waals surface area contributed by atoms with Crippen molar-refractivity contribution in [2.45, 2.75) is 5.92 Å². The minimum absolute atomic E-state index is 0.235. The summed E-state index contributed by atoms with van der Waals surface area (Å²) in [6.07, 6.45) is 1.37. The Bertz CT molecular complexity index is 1160. The predicted octanol–water partition coefficient (Wildman–Crippen LogP) is 4.84. The lowest BCUT2D eigenvalue weighted by molar-refractivity contribution is -0.121. The molecule has 1 heterocycles. The molecule has 0 saturated heterocycles. The summed E-state index contributed by atoms with van der Waals surface area (Å²) in [5.41, 5.74) is 14.7. The normalized spacial score (nSPS) is 10.6. The zero-order valence-corrected chi connectivity index (χ0v) is 18.6. The van der Waals surface area contributed by atoms with Crippen LogP contribution in [0.2, 0.25) is 0 Å². The van der Waals surface area contributed by atoms with Gasteiger partial charge in [0.25, 0.3) is 0 Å². The smallest absolute Gasteiger partial charge is 0.250 e. The first-order valence-electron chi connectivity index (χ1n) is 9.91. The third-order valence-electron chi connectivity index (χ3n) is 4.84. The molecule has 0 aliphatic rings. The van der Waals surface area contributed by atoms with E-state index in [0.717, 1.165) is 21.3 Å². The molecule has 0 radical (unpaired) electrons. The number of carbonyl (C=O) groups is 1. The topological polar surface area (TPSA) is 105 Å². The second-order valence-corrected chi connectivity index (χ2v) is 7.81. The van der Waals surface area contributed by atoms with E-state index in [0.29, 0.717) is 11.6 Å². The number of hydrogen-bond donors (Lipinski definition) is 4. The molecular weight excluding hydrogens is 468 g/mol. The molecule has 3 aromatic carbocycles. The quantitative estimate of drug-likeness (QED) is 0.277. The molecule has 0 aliphatic carbocycles. The van der Waals surface area contributed by atoms with Crippen LogP contribution in [0, 0.1) is 0 Å². The lowest BCUT2D eigenvalue weighted by Gasteiger charge is -2.19. The molecule has 4 rings (SSSR count). The molecule has 1 aromatic heterocycles. The second-order valence-electron chi connectivity index (χ2n) is 6.96. The van der Waals surface area contributed by atoms with Crippen LogP contribution in [-0.4, -0.2) is 15.9 Å². The van der Waals surface area contributed by atoms with Gasteiger partial charge in [-0.05, 0) is 39.2 Å². The van der Waals surface area contributed by atoms with Crippen molar-refractivity contribution >= 4 is 44.8 Å². The lowest BCUT2D eigenvalue weighted by Crippen LogP contribution is -2.35. The van der Waals surface area contributed by atoms with Crippen molar-refractivity contribution in [1.82, 2.24) is 15.4 Å². The summed E-state index contributed by atoms with van der Waals surface area (Å²) in [7, 11) is 0. The Morgan fingerprint density at radius 2 is 1.38 bits per heavy atom. The van der Waals surface area contributed by atoms with Crippen molar-refractivity contribution in [2.24, 2.45) is 0 Å². The molecule has 0 bridgehead atoms. The van der Waals surface area contributed by atoms with E-state index in [4.69, 9.17) is 5.73 Å². The molecule has 0 spiro atoms. The van der Waals surface area contributed by atoms with Crippen molar-refractivity contribution < 1.29 is 4.79 Å². The zero-order chi connectivity index (χ0) is 22.3. The number of amides is 1. The highest BCUT2D eigenvalue weighted by Crippen LogP contribution is 2.30. The molecule has 0 unspecified atom stereocenters. The highest BCUT2D eigenvalue weighted by atomic mass is 79.9. The first-order chi connectivity index (χ1) is 15.6. The van der Waals surface area contributed by atoms with Crippen LogP contribution in [0.15, 0.2) is 95.7 Å². The van der Waals surface area contributed by atoms with Crippen LogP contribution in [0.3, 0.4) is 0 Å². The van der Waals surface area contributed by atoms with Gasteiger partial charge < -0.3 is 11.1 Å². The molecule has 0 aliphatic heterocycles. The number of benzene rings is 3. The van der Waals surface area contributed by atoms with E-state index in [1.165, 1.54) is 6.33 Å². The van der Waals surface area contributed by atoms with Gasteiger partial charge in [-0.2, -0.15) is 0 Å². The Balaban J connectivity index is 1.53. The maximum atomic E-state index is 13.2. The van der Waals surface area contributed by atoms with Gasteiger partial charge in [0, 0.05) is 4.47 Å². The fourth-order valence-corrected chi connectivity index (χ4v) is 3.65. The minimum Gasteiger partial charge on any atom is -0.393 e. The number of nitrogens with two attached hydrogens (primary N) is 1. The van der Waals surface area contributed by atoms with Crippen LogP contribution in [0.25, 0.3) is 0 Å². The van der Waals surface area contributed by atoms with E-state index in [-0.39, 0.29) is 11.6 Å². The third kappa shape index (κ3) is 4.87. The maximum Gasteiger partial charge on any atom is 0.250 e. The number of anilines is 4. The summed E-state index contributed by atoms with van der Waals surface area (Å²) in [4.78, 5) is 21.5. The van der Waals surface area contributed by atoms with E-state index in [1.54, 1.807) is 0 Å². The third-order valence-corrected chi connectivity index (χ3v) is 5.53. The number of hydrogen-bond acceptors (Lipinski definition) is 6. The van der Waals surface area contributed by atoms with Gasteiger partial charge in [0.1, 0.15) is 12.0 Å². The van der Waals surface area contributed by atoms with Crippen LogP contribution >= 0.6 is 15.9 Å². The van der Waals surface area contributed by atoms with Crippen molar-refractivity contribution in [2.75, 3.05) is 16.5 Å². The monoisotopic (exact) mass is 488 g/mol. The SMILES string of the molecule is Nc1c(NNC(=O)C(c2ccccc2)c2ccccc2)ncnc1Nc1ccccc1Br. The van der Waals surface area contributed by atoms with E-state index in [2.05, 4.69) is 42.1 Å². The number of carbonyl (C=O) groups excluding carboxylic acids is 1. The number of halogens is 1. The number of rotatable bonds is 7. The molecule has 0 fully saturated rings. The van der Waals surface area contributed by atoms with E-state index in [9.17, 15) is 4.79 Å². The number of nitrogens with one attached hydrogen (secondary N) is 3. The van der Waals surface area contributed by atoms with Gasteiger partial charge in [-0.3, -0.25) is 15.6 Å². The summed E-state index contributed by atoms with van der Waals surface area (Å²) in [5.74, 6) is -0.0133. The highest BCUT2D eigenvalue weighted by molar-refractivity contribution is 9.10. The van der Waals surface area contributed by atoms with Crippen LogP contribution < -0.4 is 21.9 Å². The summed E-state index contributed by atoms with van der Waals surface area (Å²) in [6.45, 7) is 0. The van der Waals surface area contributed by atoms with E-state index >= 15 is 0 Å². The number of aromatic nitrogens is 2. The Labute approximate surface area is 194 Å². The van der Waals surface area contributed by atoms with Crippen molar-refractivity contribution in [3.63, 3.8) is 0 Å². The average molecular weight is 489 g/mol. The molecular formula is C24H21BrN6O. The van der Waals surface area contributed by atoms with Gasteiger partial charge >= 0.3 is 0 Å². The first kappa shape index (κ1) is 21.3. The van der Waals surface area contributed by atoms with E-state index in [1.807, 2.05) is 84.9 Å². The van der Waals surface area contributed by atoms with Crippen molar-refractivity contribution in [3.05, 3.63) is 107 Å². The van der Waals surface area contributed by atoms with Crippen LogP contribution in [0.4, 0.5) is 23.0 Å². The lowest BCUT2D eigenvalue weighted by atomic mass is 9.91. The van der Waals surface area contributed by atoms with Gasteiger partial charge in [0.15, 0.2) is 11.6 Å².